The molecule has 2 heteroatoms. The van der Waals surface area contributed by atoms with E-state index in [4.69, 9.17) is 0 Å². The monoisotopic (exact) mass is 667 g/mol. The zero-order valence-electron chi connectivity index (χ0n) is 32.0. The third-order valence-electron chi connectivity index (χ3n) is 19.2. The van der Waals surface area contributed by atoms with Gasteiger partial charge in [-0.2, -0.15) is 0 Å². The van der Waals surface area contributed by atoms with E-state index in [1.54, 1.807) is 127 Å². The summed E-state index contributed by atoms with van der Waals surface area (Å²) in [5.41, 5.74) is 2.65. The molecule has 12 aliphatic rings. The van der Waals surface area contributed by atoms with E-state index in [9.17, 15) is 0 Å². The molecule has 12 saturated carbocycles. The Labute approximate surface area is 289 Å². The predicted molar refractivity (Wildman–Crippen MR) is 205 cm³/mol. The van der Waals surface area contributed by atoms with E-state index in [2.05, 4.69) is 55.4 Å². The van der Waals surface area contributed by atoms with Gasteiger partial charge in [-0.1, -0.05) is 55.4 Å². The van der Waals surface area contributed by atoms with Crippen LogP contribution in [0.2, 0.25) is 0 Å². The molecule has 0 aliphatic heterocycles. The smallest absolute Gasteiger partial charge is 0.0294 e. The second-order valence-corrected chi connectivity index (χ2v) is 27.1. The number of fused-ring (bicyclic) bond motifs is 8. The fraction of sp³-hybridized carbons (Fsp3) is 1.00. The average molecular weight is 667 g/mol. The molecule has 0 aromatic carbocycles. The van der Waals surface area contributed by atoms with Gasteiger partial charge in [-0.05, 0) is 220 Å². The van der Waals surface area contributed by atoms with Crippen LogP contribution in [-0.2, 0) is 0 Å². The van der Waals surface area contributed by atoms with Gasteiger partial charge in [0.1, 0.15) is 0 Å². The third-order valence-corrected chi connectivity index (χ3v) is 25.0. The molecule has 12 aliphatic carbocycles. The van der Waals surface area contributed by atoms with Crippen LogP contribution in [0.1, 0.15) is 145 Å². The van der Waals surface area contributed by atoms with Gasteiger partial charge in [-0.15, -0.1) is 15.8 Å². The highest BCUT2D eigenvalue weighted by molar-refractivity contribution is 7.58. The lowest BCUT2D eigenvalue weighted by Crippen LogP contribution is -2.54. The van der Waals surface area contributed by atoms with Gasteiger partial charge in [-0.3, -0.25) is 0 Å². The number of rotatable bonds is 13. The van der Waals surface area contributed by atoms with E-state index in [1.165, 1.54) is 0 Å². The largest absolute Gasteiger partial charge is 0.106 e. The maximum absolute atomic E-state index is 2.65. The molecule has 10 unspecified atom stereocenters. The van der Waals surface area contributed by atoms with Crippen molar-refractivity contribution in [2.24, 2.45) is 92.7 Å². The Hall–Kier alpha value is 0.860. The van der Waals surface area contributed by atoms with Crippen LogP contribution in [-0.4, -0.2) is 37.0 Å². The van der Waals surface area contributed by atoms with Gasteiger partial charge in [0.25, 0.3) is 0 Å². The van der Waals surface area contributed by atoms with Crippen LogP contribution in [0.4, 0.5) is 0 Å². The normalized spacial score (nSPS) is 47.7. The molecule has 46 heavy (non-hydrogen) atoms. The quantitative estimate of drug-likeness (QED) is 0.136. The predicted octanol–water partition coefficient (Wildman–Crippen LogP) is 13.0. The topological polar surface area (TPSA) is 0 Å². The van der Waals surface area contributed by atoms with Gasteiger partial charge in [0.05, 0.1) is 0 Å². The fourth-order valence-corrected chi connectivity index (χ4v) is 22.0. The Kier molecular flexibility index (Phi) is 9.03. The molecule has 0 radical (unpaired) electrons. The summed E-state index contributed by atoms with van der Waals surface area (Å²) in [7, 11) is 0.446. The van der Waals surface area contributed by atoms with Crippen LogP contribution in [0.3, 0.4) is 0 Å². The second-order valence-electron chi connectivity index (χ2n) is 22.0. The van der Waals surface area contributed by atoms with Crippen LogP contribution in [0.5, 0.6) is 0 Å². The Morgan fingerprint density at radius 1 is 0.370 bits per heavy atom. The summed E-state index contributed by atoms with van der Waals surface area (Å²) in [6.07, 6.45) is 32.0. The zero-order chi connectivity index (χ0) is 32.2. The highest BCUT2D eigenvalue weighted by atomic mass is 31.1. The van der Waals surface area contributed by atoms with Crippen molar-refractivity contribution in [1.29, 1.82) is 0 Å². The summed E-state index contributed by atoms with van der Waals surface area (Å²) in [6.45, 7) is 21.2. The summed E-state index contributed by atoms with van der Waals surface area (Å²) >= 11 is 0. The maximum atomic E-state index is 2.65. The molecule has 14 atom stereocenters. The highest BCUT2D eigenvalue weighted by Crippen LogP contribution is 2.68. The molecular formula is C44H76P2. The molecule has 0 aromatic heterocycles. The molecule has 12 fully saturated rings. The average Bonchev–Trinajstić information content (AvgIpc) is 3.02. The van der Waals surface area contributed by atoms with Gasteiger partial charge < -0.3 is 0 Å². The molecule has 0 aromatic rings. The fourth-order valence-electron chi connectivity index (χ4n) is 15.2. The Bertz CT molecular complexity index is 927. The van der Waals surface area contributed by atoms with E-state index in [-0.39, 0.29) is 15.8 Å². The number of hydrogen-bond acceptors (Lipinski definition) is 0. The summed E-state index contributed by atoms with van der Waals surface area (Å²) in [5, 5.41) is 0. The maximum Gasteiger partial charge on any atom is -0.0294 e. The first kappa shape index (κ1) is 34.0. The van der Waals surface area contributed by atoms with Gasteiger partial charge in [-0.25, -0.2) is 0 Å². The molecule has 262 valence electrons. The van der Waals surface area contributed by atoms with Crippen LogP contribution in [0, 0.1) is 92.7 Å². The molecule has 0 amide bonds. The summed E-state index contributed by atoms with van der Waals surface area (Å²) in [5.74, 6) is 12.8. The first-order chi connectivity index (χ1) is 21.8. The first-order valence-electron chi connectivity index (χ1n) is 21.2. The van der Waals surface area contributed by atoms with Gasteiger partial charge >= 0.3 is 0 Å². The van der Waals surface area contributed by atoms with Crippen LogP contribution in [0.25, 0.3) is 0 Å². The van der Waals surface area contributed by atoms with Crippen LogP contribution >= 0.6 is 15.8 Å². The second kappa shape index (κ2) is 12.2. The molecule has 0 N–H and O–H groups in total. The lowest BCUT2D eigenvalue weighted by Gasteiger charge is -2.62. The minimum absolute atomic E-state index is 0.223. The lowest BCUT2D eigenvalue weighted by atomic mass is 9.46. The van der Waals surface area contributed by atoms with Crippen LogP contribution in [0.15, 0.2) is 0 Å². The minimum Gasteiger partial charge on any atom is -0.106 e. The molecule has 12 rings (SSSR count). The third kappa shape index (κ3) is 5.63. The van der Waals surface area contributed by atoms with Gasteiger partial charge in [0.2, 0.25) is 0 Å². The zero-order valence-corrected chi connectivity index (χ0v) is 33.8. The Morgan fingerprint density at radius 3 is 0.804 bits per heavy atom. The first-order valence-corrected chi connectivity index (χ1v) is 25.0. The van der Waals surface area contributed by atoms with E-state index < -0.39 is 0 Å². The van der Waals surface area contributed by atoms with Crippen molar-refractivity contribution in [3.8, 4) is 0 Å². The number of unbranched alkanes of at least 4 members (excludes halogenated alkanes) is 1. The summed E-state index contributed by atoms with van der Waals surface area (Å²) in [6, 6.07) is 0. The van der Waals surface area contributed by atoms with Gasteiger partial charge in [0.15, 0.2) is 0 Å². The summed E-state index contributed by atoms with van der Waals surface area (Å²) in [4.78, 5) is 0. The van der Waals surface area contributed by atoms with Crippen molar-refractivity contribution in [2.75, 3.05) is 37.0 Å². The van der Waals surface area contributed by atoms with Crippen molar-refractivity contribution in [3.05, 3.63) is 0 Å². The highest BCUT2D eigenvalue weighted by Gasteiger charge is 2.58. The van der Waals surface area contributed by atoms with Crippen molar-refractivity contribution >= 4 is 15.8 Å². The van der Waals surface area contributed by atoms with Gasteiger partial charge in [0, 0.05) is 0 Å². The Balaban J connectivity index is 0.908. The van der Waals surface area contributed by atoms with E-state index >= 15 is 0 Å². The van der Waals surface area contributed by atoms with E-state index in [0.717, 1.165) is 71.0 Å². The van der Waals surface area contributed by atoms with Crippen molar-refractivity contribution < 1.29 is 0 Å². The lowest BCUT2D eigenvalue weighted by molar-refractivity contribution is -0.0996. The van der Waals surface area contributed by atoms with Crippen LogP contribution < -0.4 is 0 Å². The molecule has 0 heterocycles. The Morgan fingerprint density at radius 2 is 0.609 bits per heavy atom. The summed E-state index contributed by atoms with van der Waals surface area (Å²) < 4.78 is 0. The van der Waals surface area contributed by atoms with E-state index in [1.807, 2.05) is 0 Å². The molecule has 0 spiro atoms. The number of hydrogen-bond donors (Lipinski definition) is 0. The van der Waals surface area contributed by atoms with Crippen molar-refractivity contribution in [2.45, 2.75) is 145 Å². The minimum atomic E-state index is 0.223. The van der Waals surface area contributed by atoms with Crippen molar-refractivity contribution in [3.63, 3.8) is 0 Å². The SMILES string of the molecule is CC1(C)C2CCC(CP(CCCCP(CC3CCC4CC3C4(C)C)CC3CC[C@H]4C[C@@H]3C4(C)C)CC3CC[C@H]4C[C@@H]3C4(C)C)C1C2. The van der Waals surface area contributed by atoms with E-state index in [0.29, 0.717) is 21.7 Å². The van der Waals surface area contributed by atoms with Crippen molar-refractivity contribution in [1.82, 2.24) is 0 Å². The molecule has 0 saturated heterocycles. The standard InChI is InChI=1S/C44H76P2/c1-41(2)33-15-11-29(37(41)21-33)25-45(26-30-12-16-34-22-38(30)42(34,3)4)19-9-10-20-46(27-31-13-17-35-23-39(31)43(35,5)6)28-32-14-18-36-24-40(32)44(36,7)8/h29-40H,9-28H2,1-8H3/t29?,30?,31?,32?,33-,34?,35-,36?,37-,38?,39-,40?,45?,46?/m0/s1. The molecule has 0 nitrogen and oxygen atoms in total. The molecule has 8 bridgehead atoms. The molecular weight excluding hydrogens is 590 g/mol.